The number of hydrogen-bond donors (Lipinski definition) is 5. The Hall–Kier alpha value is -2.20. The predicted molar refractivity (Wildman–Crippen MR) is 121 cm³/mol. The van der Waals surface area contributed by atoms with Gasteiger partial charge in [0.25, 0.3) is 6.47 Å². The summed E-state index contributed by atoms with van der Waals surface area (Å²) in [6.07, 6.45) is 1.76. The van der Waals surface area contributed by atoms with Crippen molar-refractivity contribution in [3.63, 3.8) is 0 Å². The van der Waals surface area contributed by atoms with Crippen molar-refractivity contribution in [3.8, 4) is 0 Å². The van der Waals surface area contributed by atoms with E-state index >= 15 is 0 Å². The lowest BCUT2D eigenvalue weighted by atomic mass is 10.2. The molecule has 198 valence electrons. The number of carbonyl (C=O) groups excluding carboxylic acids is 1. The summed E-state index contributed by atoms with van der Waals surface area (Å²) in [6, 6.07) is 0. The molecule has 1 heterocycles. The van der Waals surface area contributed by atoms with Crippen LogP contribution in [0.5, 0.6) is 0 Å². The molecule has 0 aromatic heterocycles. The highest BCUT2D eigenvalue weighted by molar-refractivity contribution is 5.77. The molecule has 0 bridgehead atoms. The molecule has 1 aliphatic rings. The fourth-order valence-electron chi connectivity index (χ4n) is 3.46. The monoisotopic (exact) mass is 493 g/mol. The molecule has 1 fully saturated rings. The Bertz CT molecular complexity index is 565. The molecule has 14 heteroatoms. The molecule has 14 nitrogen and oxygen atoms in total. The Labute approximate surface area is 199 Å². The number of aliphatic carboxylic acids is 2. The third kappa shape index (κ3) is 17.3. The van der Waals surface area contributed by atoms with Crippen molar-refractivity contribution in [2.24, 2.45) is 0 Å². The highest BCUT2D eigenvalue weighted by Crippen LogP contribution is 2.03. The van der Waals surface area contributed by atoms with Crippen LogP contribution in [0.1, 0.15) is 26.2 Å². The van der Waals surface area contributed by atoms with E-state index in [1.165, 1.54) is 0 Å². The second-order valence-corrected chi connectivity index (χ2v) is 7.79. The SMILES string of the molecule is CCC(=O)CCCN1CCN(CC(=O)O)CCN(CNOO)CCN(CC(=O)O)CC1.O=CO. The largest absolute Gasteiger partial charge is 0.483 e. The van der Waals surface area contributed by atoms with E-state index in [9.17, 15) is 24.6 Å². The summed E-state index contributed by atoms with van der Waals surface area (Å²) in [5.74, 6) is -1.58. The summed E-state index contributed by atoms with van der Waals surface area (Å²) in [5, 5.41) is 33.9. The van der Waals surface area contributed by atoms with Crippen LogP contribution in [0.4, 0.5) is 0 Å². The molecular formula is C20H39N5O9. The number of carboxylic acids is 2. The molecule has 0 atom stereocenters. The maximum absolute atomic E-state index is 11.6. The van der Waals surface area contributed by atoms with Crippen LogP contribution in [-0.4, -0.2) is 143 Å². The molecule has 0 saturated carbocycles. The van der Waals surface area contributed by atoms with Gasteiger partial charge in [-0.2, -0.15) is 5.48 Å². The summed E-state index contributed by atoms with van der Waals surface area (Å²) in [7, 11) is 0. The number of hydrogen-bond acceptors (Lipinski definition) is 11. The summed E-state index contributed by atoms with van der Waals surface area (Å²) in [4.78, 5) is 54.3. The van der Waals surface area contributed by atoms with E-state index in [1.807, 2.05) is 21.6 Å². The quantitative estimate of drug-likeness (QED) is 0.124. The lowest BCUT2D eigenvalue weighted by molar-refractivity contribution is -0.297. The molecular weight excluding hydrogens is 454 g/mol. The van der Waals surface area contributed by atoms with Crippen LogP contribution in [0.15, 0.2) is 0 Å². The van der Waals surface area contributed by atoms with Gasteiger partial charge < -0.3 is 20.2 Å². The van der Waals surface area contributed by atoms with Gasteiger partial charge in [0.2, 0.25) is 0 Å². The van der Waals surface area contributed by atoms with Crippen molar-refractivity contribution in [3.05, 3.63) is 0 Å². The standard InChI is InChI=1S/C19H37N5O7.CH2O2/c1-2-17(25)4-3-5-21-6-8-22(14-18(26)27)10-12-24(16-20-31-30)13-11-23(9-7-21)15-19(28)29;2-1-3/h20,30H,2-16H2,1H3,(H,26,27)(H,28,29);1H,(H,2,3). The third-order valence-electron chi connectivity index (χ3n) is 5.32. The molecule has 0 spiro atoms. The van der Waals surface area contributed by atoms with Gasteiger partial charge in [0.1, 0.15) is 5.78 Å². The van der Waals surface area contributed by atoms with Gasteiger partial charge >= 0.3 is 11.9 Å². The fourth-order valence-corrected chi connectivity index (χ4v) is 3.46. The summed E-state index contributed by atoms with van der Waals surface area (Å²) >= 11 is 0. The van der Waals surface area contributed by atoms with Gasteiger partial charge in [0.05, 0.1) is 19.8 Å². The predicted octanol–water partition coefficient (Wildman–Crippen LogP) is -1.21. The number of nitrogens with zero attached hydrogens (tertiary/aromatic N) is 4. The van der Waals surface area contributed by atoms with Gasteiger partial charge in [-0.05, 0) is 13.0 Å². The minimum atomic E-state index is -0.900. The Balaban J connectivity index is 0.00000343. The van der Waals surface area contributed by atoms with Crippen LogP contribution < -0.4 is 5.48 Å². The fraction of sp³-hybridized carbons (Fsp3) is 0.800. The lowest BCUT2D eigenvalue weighted by Gasteiger charge is -2.33. The van der Waals surface area contributed by atoms with Crippen LogP contribution >= 0.6 is 0 Å². The molecule has 1 saturated heterocycles. The summed E-state index contributed by atoms with van der Waals surface area (Å²) in [5.41, 5.74) is 2.36. The van der Waals surface area contributed by atoms with E-state index in [0.717, 1.165) is 6.42 Å². The van der Waals surface area contributed by atoms with Gasteiger partial charge in [0, 0.05) is 65.2 Å². The molecule has 34 heavy (non-hydrogen) atoms. The Morgan fingerprint density at radius 3 is 1.65 bits per heavy atom. The molecule has 0 aromatic rings. The van der Waals surface area contributed by atoms with E-state index in [1.54, 1.807) is 0 Å². The summed E-state index contributed by atoms with van der Waals surface area (Å²) < 4.78 is 0. The first kappa shape index (κ1) is 31.8. The second kappa shape index (κ2) is 20.2. The normalized spacial score (nSPS) is 17.6. The van der Waals surface area contributed by atoms with Crippen LogP contribution in [0.2, 0.25) is 0 Å². The highest BCUT2D eigenvalue weighted by Gasteiger charge is 2.19. The van der Waals surface area contributed by atoms with Gasteiger partial charge in [-0.1, -0.05) is 6.92 Å². The van der Waals surface area contributed by atoms with E-state index in [0.29, 0.717) is 71.7 Å². The van der Waals surface area contributed by atoms with Gasteiger partial charge in [-0.25, -0.2) is 5.26 Å². The minimum Gasteiger partial charge on any atom is -0.483 e. The van der Waals surface area contributed by atoms with E-state index in [4.69, 9.17) is 15.2 Å². The first-order chi connectivity index (χ1) is 16.2. The van der Waals surface area contributed by atoms with Crippen LogP contribution in [-0.2, 0) is 24.2 Å². The summed E-state index contributed by atoms with van der Waals surface area (Å²) in [6.45, 7) is 6.77. The Kier molecular flexibility index (Phi) is 18.9. The minimum absolute atomic E-state index is 0.0783. The van der Waals surface area contributed by atoms with Crippen molar-refractivity contribution in [2.45, 2.75) is 26.2 Å². The topological polar surface area (TPSA) is 183 Å². The molecule has 5 N–H and O–H groups in total. The van der Waals surface area contributed by atoms with Gasteiger partial charge in [-0.15, -0.1) is 4.99 Å². The van der Waals surface area contributed by atoms with Gasteiger partial charge in [-0.3, -0.25) is 33.9 Å². The number of ketones is 1. The first-order valence-corrected chi connectivity index (χ1v) is 11.2. The lowest BCUT2D eigenvalue weighted by Crippen LogP contribution is -2.49. The Morgan fingerprint density at radius 2 is 1.26 bits per heavy atom. The number of hydroxylamine groups is 1. The third-order valence-corrected chi connectivity index (χ3v) is 5.32. The molecule has 0 radical (unpaired) electrons. The number of rotatable bonds is 12. The van der Waals surface area contributed by atoms with Crippen molar-refractivity contribution < 1.29 is 44.7 Å². The van der Waals surface area contributed by atoms with Crippen LogP contribution in [0, 0.1) is 0 Å². The number of carboxylic acid groups (broad SMARTS) is 3. The average Bonchev–Trinajstić information content (AvgIpc) is 2.77. The van der Waals surface area contributed by atoms with E-state index in [-0.39, 0.29) is 32.0 Å². The average molecular weight is 494 g/mol. The molecule has 1 rings (SSSR count). The van der Waals surface area contributed by atoms with E-state index < -0.39 is 11.9 Å². The van der Waals surface area contributed by atoms with Crippen LogP contribution in [0.3, 0.4) is 0 Å². The zero-order chi connectivity index (χ0) is 25.8. The van der Waals surface area contributed by atoms with Crippen LogP contribution in [0.25, 0.3) is 0 Å². The number of carbonyl (C=O) groups is 4. The van der Waals surface area contributed by atoms with Crippen molar-refractivity contribution in [1.82, 2.24) is 25.1 Å². The Morgan fingerprint density at radius 1 is 0.853 bits per heavy atom. The smallest absolute Gasteiger partial charge is 0.317 e. The number of nitrogens with one attached hydrogen (secondary N) is 1. The highest BCUT2D eigenvalue weighted by atomic mass is 17.2. The van der Waals surface area contributed by atoms with Crippen molar-refractivity contribution in [1.29, 1.82) is 0 Å². The molecule has 0 aliphatic carbocycles. The molecule has 1 aliphatic heterocycles. The first-order valence-electron chi connectivity index (χ1n) is 11.2. The molecule has 0 amide bonds. The second-order valence-electron chi connectivity index (χ2n) is 7.79. The zero-order valence-electron chi connectivity index (χ0n) is 19.8. The van der Waals surface area contributed by atoms with Crippen molar-refractivity contribution >= 4 is 24.2 Å². The maximum atomic E-state index is 11.6. The van der Waals surface area contributed by atoms with Gasteiger partial charge in [0.15, 0.2) is 0 Å². The molecule has 0 aromatic carbocycles. The van der Waals surface area contributed by atoms with E-state index in [2.05, 4.69) is 15.4 Å². The number of Topliss-reactive ketones (excluding diaryl/α,β-unsaturated/α-hetero) is 1. The zero-order valence-corrected chi connectivity index (χ0v) is 19.8. The molecule has 0 unspecified atom stereocenters. The maximum Gasteiger partial charge on any atom is 0.317 e. The van der Waals surface area contributed by atoms with Crippen molar-refractivity contribution in [2.75, 3.05) is 78.7 Å².